The Morgan fingerprint density at radius 2 is 2.10 bits per heavy atom. The number of carboxylic acids is 1. The van der Waals surface area contributed by atoms with Crippen LogP contribution < -0.4 is 10.1 Å². The van der Waals surface area contributed by atoms with Gasteiger partial charge in [0.15, 0.2) is 0 Å². The van der Waals surface area contributed by atoms with E-state index < -0.39 is 11.4 Å². The molecule has 1 fully saturated rings. The molecule has 0 spiro atoms. The van der Waals surface area contributed by atoms with Crippen molar-refractivity contribution in [2.75, 3.05) is 6.61 Å². The molecule has 1 aliphatic rings. The minimum atomic E-state index is -1.18. The molecule has 0 bridgehead atoms. The highest BCUT2D eigenvalue weighted by molar-refractivity contribution is 6.04. The van der Waals surface area contributed by atoms with E-state index in [1.54, 1.807) is 0 Å². The molecule has 2 rings (SSSR count). The zero-order valence-electron chi connectivity index (χ0n) is 12.4. The number of aliphatic carboxylic acids is 1. The van der Waals surface area contributed by atoms with Gasteiger partial charge in [-0.1, -0.05) is 13.0 Å². The minimum absolute atomic E-state index is 0.341. The minimum Gasteiger partial charge on any atom is -0.494 e. The Balaban J connectivity index is 1.94. The molecule has 114 valence electrons. The highest BCUT2D eigenvalue weighted by Crippen LogP contribution is 2.46. The molecule has 0 atom stereocenters. The Bertz CT molecular complexity index is 549. The van der Waals surface area contributed by atoms with Gasteiger partial charge in [-0.05, 0) is 49.4 Å². The third-order valence-corrected chi connectivity index (χ3v) is 3.82. The number of carbonyl (C=O) groups excluding carboxylic acids is 1. The molecule has 0 saturated heterocycles. The number of hydrogen-bond acceptors (Lipinski definition) is 3. The van der Waals surface area contributed by atoms with E-state index in [1.807, 2.05) is 32.0 Å². The average molecular weight is 291 g/mol. The fourth-order valence-corrected chi connectivity index (χ4v) is 2.18. The molecule has 1 aliphatic carbocycles. The monoisotopic (exact) mass is 291 g/mol. The van der Waals surface area contributed by atoms with Crippen LogP contribution in [-0.4, -0.2) is 23.6 Å². The van der Waals surface area contributed by atoms with Crippen LogP contribution in [-0.2, 0) is 16.1 Å². The van der Waals surface area contributed by atoms with Crippen molar-refractivity contribution >= 4 is 11.9 Å². The summed E-state index contributed by atoms with van der Waals surface area (Å²) in [5.41, 5.74) is 0.801. The van der Waals surface area contributed by atoms with E-state index in [0.717, 1.165) is 23.3 Å². The normalized spacial score (nSPS) is 15.3. The smallest absolute Gasteiger partial charge is 0.319 e. The second kappa shape index (κ2) is 6.16. The van der Waals surface area contributed by atoms with Gasteiger partial charge in [0.05, 0.1) is 6.61 Å². The van der Waals surface area contributed by atoms with E-state index in [0.29, 0.717) is 26.0 Å². The predicted octanol–water partition coefficient (Wildman–Crippen LogP) is 2.26. The maximum Gasteiger partial charge on any atom is 0.319 e. The number of carboxylic acid groups (broad SMARTS) is 1. The number of amides is 1. The lowest BCUT2D eigenvalue weighted by Gasteiger charge is -2.13. The first-order chi connectivity index (χ1) is 9.99. The first kappa shape index (κ1) is 15.4. The molecule has 0 radical (unpaired) electrons. The van der Waals surface area contributed by atoms with Crippen molar-refractivity contribution in [3.05, 3.63) is 29.3 Å². The average Bonchev–Trinajstić information content (AvgIpc) is 3.25. The topological polar surface area (TPSA) is 75.6 Å². The van der Waals surface area contributed by atoms with Crippen LogP contribution in [0.15, 0.2) is 18.2 Å². The van der Waals surface area contributed by atoms with Gasteiger partial charge in [0.1, 0.15) is 11.2 Å². The summed E-state index contributed by atoms with van der Waals surface area (Å²) >= 11 is 0. The van der Waals surface area contributed by atoms with E-state index in [1.165, 1.54) is 0 Å². The van der Waals surface area contributed by atoms with E-state index >= 15 is 0 Å². The predicted molar refractivity (Wildman–Crippen MR) is 78.1 cm³/mol. The summed E-state index contributed by atoms with van der Waals surface area (Å²) < 4.78 is 5.55. The van der Waals surface area contributed by atoms with E-state index in [9.17, 15) is 9.59 Å². The van der Waals surface area contributed by atoms with Crippen molar-refractivity contribution in [1.82, 2.24) is 5.32 Å². The largest absolute Gasteiger partial charge is 0.494 e. The number of benzene rings is 1. The third kappa shape index (κ3) is 3.35. The van der Waals surface area contributed by atoms with Gasteiger partial charge < -0.3 is 15.2 Å². The van der Waals surface area contributed by atoms with Crippen LogP contribution in [0.5, 0.6) is 5.75 Å². The van der Waals surface area contributed by atoms with Crippen molar-refractivity contribution in [3.63, 3.8) is 0 Å². The van der Waals surface area contributed by atoms with Gasteiger partial charge in [0.2, 0.25) is 5.91 Å². The molecule has 0 heterocycles. The van der Waals surface area contributed by atoms with Crippen LogP contribution in [0, 0.1) is 12.3 Å². The molecule has 5 nitrogen and oxygen atoms in total. The highest BCUT2D eigenvalue weighted by Gasteiger charge is 2.56. The number of hydrogen-bond donors (Lipinski definition) is 2. The lowest BCUT2D eigenvalue weighted by molar-refractivity contribution is -0.149. The summed E-state index contributed by atoms with van der Waals surface area (Å²) in [5.74, 6) is -0.602. The third-order valence-electron chi connectivity index (χ3n) is 3.82. The molecule has 1 saturated carbocycles. The molecule has 0 aromatic heterocycles. The number of rotatable bonds is 7. The quantitative estimate of drug-likeness (QED) is 0.756. The summed E-state index contributed by atoms with van der Waals surface area (Å²) in [6.07, 6.45) is 1.81. The van der Waals surface area contributed by atoms with Gasteiger partial charge in [0.25, 0.3) is 0 Å². The molecule has 1 aromatic carbocycles. The Labute approximate surface area is 124 Å². The first-order valence-electron chi connectivity index (χ1n) is 7.23. The van der Waals surface area contributed by atoms with Crippen LogP contribution in [0.1, 0.15) is 37.3 Å². The fraction of sp³-hybridized carbons (Fsp3) is 0.500. The van der Waals surface area contributed by atoms with E-state index in [2.05, 4.69) is 5.32 Å². The van der Waals surface area contributed by atoms with Gasteiger partial charge >= 0.3 is 5.97 Å². The van der Waals surface area contributed by atoms with Crippen LogP contribution in [0.2, 0.25) is 0 Å². The maximum atomic E-state index is 11.9. The lowest BCUT2D eigenvalue weighted by Crippen LogP contribution is -2.36. The zero-order chi connectivity index (χ0) is 15.5. The molecule has 21 heavy (non-hydrogen) atoms. The van der Waals surface area contributed by atoms with Crippen molar-refractivity contribution in [1.29, 1.82) is 0 Å². The van der Waals surface area contributed by atoms with Gasteiger partial charge in [-0.2, -0.15) is 0 Å². The Morgan fingerprint density at radius 1 is 1.38 bits per heavy atom. The molecule has 0 unspecified atom stereocenters. The SMILES string of the molecule is CCCOc1ccc(CNC(=O)C2(C(=O)O)CC2)c(C)c1. The summed E-state index contributed by atoms with van der Waals surface area (Å²) in [5, 5.41) is 11.8. The first-order valence-corrected chi connectivity index (χ1v) is 7.23. The van der Waals surface area contributed by atoms with E-state index in [4.69, 9.17) is 9.84 Å². The maximum absolute atomic E-state index is 11.9. The standard InChI is InChI=1S/C16H21NO4/c1-3-8-21-13-5-4-12(11(2)9-13)10-17-14(18)16(6-7-16)15(19)20/h4-5,9H,3,6-8,10H2,1-2H3,(H,17,18)(H,19,20). The van der Waals surface area contributed by atoms with Crippen LogP contribution in [0.3, 0.4) is 0 Å². The lowest BCUT2D eigenvalue weighted by atomic mass is 10.1. The number of aryl methyl sites for hydroxylation is 1. The van der Waals surface area contributed by atoms with Crippen LogP contribution >= 0.6 is 0 Å². The number of carbonyl (C=O) groups is 2. The number of nitrogens with one attached hydrogen (secondary N) is 1. The van der Waals surface area contributed by atoms with Gasteiger partial charge in [-0.25, -0.2) is 0 Å². The van der Waals surface area contributed by atoms with Gasteiger partial charge in [0, 0.05) is 6.54 Å². The van der Waals surface area contributed by atoms with Crippen LogP contribution in [0.4, 0.5) is 0 Å². The molecule has 2 N–H and O–H groups in total. The molecule has 5 heteroatoms. The molecule has 1 aromatic rings. The molecular formula is C16H21NO4. The Morgan fingerprint density at radius 3 is 2.62 bits per heavy atom. The summed E-state index contributed by atoms with van der Waals surface area (Å²) in [4.78, 5) is 23.0. The highest BCUT2D eigenvalue weighted by atomic mass is 16.5. The summed E-state index contributed by atoms with van der Waals surface area (Å²) in [6, 6.07) is 5.70. The molecule has 0 aliphatic heterocycles. The molecule has 1 amide bonds. The Kier molecular flexibility index (Phi) is 4.50. The van der Waals surface area contributed by atoms with Crippen molar-refractivity contribution < 1.29 is 19.4 Å². The van der Waals surface area contributed by atoms with Crippen molar-refractivity contribution in [2.24, 2.45) is 5.41 Å². The summed E-state index contributed by atoms with van der Waals surface area (Å²) in [6.45, 7) is 5.02. The van der Waals surface area contributed by atoms with Crippen molar-refractivity contribution in [3.8, 4) is 5.75 Å². The summed E-state index contributed by atoms with van der Waals surface area (Å²) in [7, 11) is 0. The second-order valence-electron chi connectivity index (χ2n) is 5.51. The molecular weight excluding hydrogens is 270 g/mol. The van der Waals surface area contributed by atoms with Gasteiger partial charge in [-0.3, -0.25) is 9.59 Å². The van der Waals surface area contributed by atoms with E-state index in [-0.39, 0.29) is 5.91 Å². The van der Waals surface area contributed by atoms with Crippen molar-refractivity contribution in [2.45, 2.75) is 39.7 Å². The van der Waals surface area contributed by atoms with Crippen LogP contribution in [0.25, 0.3) is 0 Å². The second-order valence-corrected chi connectivity index (χ2v) is 5.51. The zero-order valence-corrected chi connectivity index (χ0v) is 12.4. The van der Waals surface area contributed by atoms with Gasteiger partial charge in [-0.15, -0.1) is 0 Å². The number of ether oxygens (including phenoxy) is 1. The fourth-order valence-electron chi connectivity index (χ4n) is 2.18. The Hall–Kier alpha value is -2.04.